The molecule has 7 atom stereocenters. The van der Waals surface area contributed by atoms with Crippen LogP contribution in [-0.4, -0.2) is 86.1 Å². The standard InChI is InChI=1S/C12H18O10/c1-3(10-7(16)8(17)11(19)22-10)20-12-9(18)6(15)5(14)4(2-13)21-12/h3-6,9-10,12-18H,2H2,1H3/t3?,4-,5-,6+,9-,10?,12+/m1/s1. The Morgan fingerprint density at radius 2 is 1.82 bits per heavy atom. The number of hydrogen-bond acceptors (Lipinski definition) is 10. The van der Waals surface area contributed by atoms with E-state index in [-0.39, 0.29) is 0 Å². The van der Waals surface area contributed by atoms with Gasteiger partial charge in [-0.3, -0.25) is 0 Å². The number of cyclic esters (lactones) is 1. The maximum absolute atomic E-state index is 11.1. The lowest BCUT2D eigenvalue weighted by Crippen LogP contribution is -2.60. The van der Waals surface area contributed by atoms with E-state index in [0.29, 0.717) is 0 Å². The van der Waals surface area contributed by atoms with E-state index in [0.717, 1.165) is 0 Å². The molecule has 2 rings (SSSR count). The predicted octanol–water partition coefficient (Wildman–Crippen LogP) is -2.56. The first kappa shape index (κ1) is 16.9. The number of hydrogen-bond donors (Lipinski definition) is 6. The molecule has 0 aromatic heterocycles. The number of aliphatic hydroxyl groups is 6. The average molecular weight is 322 g/mol. The third kappa shape index (κ3) is 2.89. The average Bonchev–Trinajstić information content (AvgIpc) is 2.75. The van der Waals surface area contributed by atoms with Crippen LogP contribution in [0.1, 0.15) is 6.92 Å². The van der Waals surface area contributed by atoms with Gasteiger partial charge in [0.25, 0.3) is 0 Å². The van der Waals surface area contributed by atoms with Crippen molar-refractivity contribution < 1.29 is 49.6 Å². The van der Waals surface area contributed by atoms with Crippen molar-refractivity contribution in [1.29, 1.82) is 0 Å². The van der Waals surface area contributed by atoms with E-state index in [1.807, 2.05) is 0 Å². The Morgan fingerprint density at radius 3 is 2.32 bits per heavy atom. The minimum absolute atomic E-state index is 0.621. The van der Waals surface area contributed by atoms with Gasteiger partial charge < -0.3 is 44.8 Å². The Balaban J connectivity index is 2.05. The third-order valence-electron chi connectivity index (χ3n) is 3.56. The minimum Gasteiger partial charge on any atom is -0.505 e. The number of rotatable bonds is 4. The van der Waals surface area contributed by atoms with Crippen molar-refractivity contribution in [2.45, 2.75) is 49.8 Å². The molecule has 0 aliphatic carbocycles. The molecule has 0 aromatic rings. The number of carbonyl (C=O) groups excluding carboxylic acids is 1. The molecule has 0 aromatic carbocycles. The van der Waals surface area contributed by atoms with Gasteiger partial charge in [0.05, 0.1) is 6.61 Å². The van der Waals surface area contributed by atoms with E-state index in [4.69, 9.17) is 14.6 Å². The first-order valence-electron chi connectivity index (χ1n) is 6.57. The highest BCUT2D eigenvalue weighted by atomic mass is 16.7. The van der Waals surface area contributed by atoms with Crippen LogP contribution in [0.5, 0.6) is 0 Å². The van der Waals surface area contributed by atoms with Crippen LogP contribution < -0.4 is 0 Å². The predicted molar refractivity (Wildman–Crippen MR) is 66.5 cm³/mol. The molecule has 1 fully saturated rings. The number of aliphatic hydroxyl groups excluding tert-OH is 6. The lowest BCUT2D eigenvalue weighted by atomic mass is 9.99. The van der Waals surface area contributed by atoms with E-state index in [2.05, 4.69) is 4.74 Å². The zero-order valence-corrected chi connectivity index (χ0v) is 11.6. The summed E-state index contributed by atoms with van der Waals surface area (Å²) >= 11 is 0. The van der Waals surface area contributed by atoms with Crippen molar-refractivity contribution in [2.24, 2.45) is 0 Å². The zero-order chi connectivity index (χ0) is 16.6. The summed E-state index contributed by atoms with van der Waals surface area (Å²) in [4.78, 5) is 11.1. The minimum atomic E-state index is -1.63. The molecule has 22 heavy (non-hydrogen) atoms. The van der Waals surface area contributed by atoms with Crippen molar-refractivity contribution in [3.63, 3.8) is 0 Å². The Kier molecular flexibility index (Phi) is 4.90. The first-order valence-corrected chi connectivity index (χ1v) is 6.57. The Hall–Kier alpha value is -1.43. The fourth-order valence-electron chi connectivity index (χ4n) is 2.25. The quantitative estimate of drug-likeness (QED) is 0.303. The molecule has 0 saturated carbocycles. The Morgan fingerprint density at radius 1 is 1.18 bits per heavy atom. The van der Waals surface area contributed by atoms with Gasteiger partial charge in [0.2, 0.25) is 5.76 Å². The van der Waals surface area contributed by atoms with Gasteiger partial charge in [0, 0.05) is 0 Å². The van der Waals surface area contributed by atoms with Crippen LogP contribution in [0.4, 0.5) is 0 Å². The maximum atomic E-state index is 11.1. The molecule has 126 valence electrons. The van der Waals surface area contributed by atoms with Gasteiger partial charge in [0.1, 0.15) is 30.5 Å². The lowest BCUT2D eigenvalue weighted by Gasteiger charge is -2.40. The van der Waals surface area contributed by atoms with E-state index in [9.17, 15) is 30.3 Å². The summed E-state index contributed by atoms with van der Waals surface area (Å²) in [6.07, 6.45) is -9.73. The number of ether oxygens (including phenoxy) is 3. The summed E-state index contributed by atoms with van der Waals surface area (Å²) < 4.78 is 15.1. The summed E-state index contributed by atoms with van der Waals surface area (Å²) in [6, 6.07) is 0. The smallest absolute Gasteiger partial charge is 0.377 e. The molecule has 0 spiro atoms. The van der Waals surface area contributed by atoms with Gasteiger partial charge in [-0.1, -0.05) is 0 Å². The molecule has 6 N–H and O–H groups in total. The van der Waals surface area contributed by atoms with E-state index in [1.54, 1.807) is 0 Å². The Bertz CT molecular complexity index is 461. The highest BCUT2D eigenvalue weighted by molar-refractivity contribution is 5.89. The van der Waals surface area contributed by atoms with Crippen LogP contribution in [-0.2, 0) is 19.0 Å². The van der Waals surface area contributed by atoms with Crippen LogP contribution in [0.2, 0.25) is 0 Å². The SMILES string of the molecule is CC(O[C@H]1O[C@H](CO)[C@@H](O)[C@H](O)[C@H]1O)C1OC(=O)C(O)=C1O. The molecule has 0 bridgehead atoms. The molecule has 10 nitrogen and oxygen atoms in total. The molecule has 0 radical (unpaired) electrons. The monoisotopic (exact) mass is 322 g/mol. The van der Waals surface area contributed by atoms with Crippen LogP contribution in [0.15, 0.2) is 11.5 Å². The molecular weight excluding hydrogens is 304 g/mol. The summed E-state index contributed by atoms with van der Waals surface area (Å²) in [6.45, 7) is 0.748. The molecule has 10 heteroatoms. The second kappa shape index (κ2) is 6.36. The van der Waals surface area contributed by atoms with Gasteiger partial charge >= 0.3 is 5.97 Å². The molecular formula is C12H18O10. The van der Waals surface area contributed by atoms with E-state index in [1.165, 1.54) is 6.92 Å². The molecule has 2 heterocycles. The van der Waals surface area contributed by atoms with Gasteiger partial charge in [-0.05, 0) is 6.92 Å². The summed E-state index contributed by atoms with van der Waals surface area (Å²) in [7, 11) is 0. The summed E-state index contributed by atoms with van der Waals surface area (Å²) in [5.74, 6) is -2.77. The third-order valence-corrected chi connectivity index (χ3v) is 3.56. The van der Waals surface area contributed by atoms with Gasteiger partial charge in [0.15, 0.2) is 18.2 Å². The molecule has 0 amide bonds. The van der Waals surface area contributed by atoms with Crippen LogP contribution in [0.3, 0.4) is 0 Å². The molecule has 2 aliphatic heterocycles. The largest absolute Gasteiger partial charge is 0.505 e. The van der Waals surface area contributed by atoms with Crippen molar-refractivity contribution in [3.8, 4) is 0 Å². The van der Waals surface area contributed by atoms with Crippen molar-refractivity contribution in [2.75, 3.05) is 6.61 Å². The number of carbonyl (C=O) groups is 1. The highest BCUT2D eigenvalue weighted by Gasteiger charge is 2.46. The fourth-order valence-corrected chi connectivity index (χ4v) is 2.25. The highest BCUT2D eigenvalue weighted by Crippen LogP contribution is 2.27. The summed E-state index contributed by atoms with van der Waals surface area (Å²) in [5, 5.41) is 56.9. The zero-order valence-electron chi connectivity index (χ0n) is 11.6. The van der Waals surface area contributed by atoms with Crippen molar-refractivity contribution in [3.05, 3.63) is 11.5 Å². The fraction of sp³-hybridized carbons (Fsp3) is 0.750. The second-order valence-corrected chi connectivity index (χ2v) is 5.10. The van der Waals surface area contributed by atoms with Crippen LogP contribution in [0, 0.1) is 0 Å². The number of esters is 1. The first-order chi connectivity index (χ1) is 10.3. The molecule has 1 saturated heterocycles. The Labute approximate surface area is 124 Å². The summed E-state index contributed by atoms with van der Waals surface area (Å²) in [5.41, 5.74) is 0. The van der Waals surface area contributed by atoms with E-state index >= 15 is 0 Å². The van der Waals surface area contributed by atoms with Crippen molar-refractivity contribution in [1.82, 2.24) is 0 Å². The second-order valence-electron chi connectivity index (χ2n) is 5.10. The molecule has 2 unspecified atom stereocenters. The van der Waals surface area contributed by atoms with E-state index < -0.39 is 67.0 Å². The van der Waals surface area contributed by atoms with Crippen molar-refractivity contribution >= 4 is 5.97 Å². The normalized spacial score (nSPS) is 40.7. The van der Waals surface area contributed by atoms with Gasteiger partial charge in [-0.15, -0.1) is 0 Å². The topological polar surface area (TPSA) is 166 Å². The molecule has 2 aliphatic rings. The van der Waals surface area contributed by atoms with Crippen LogP contribution in [0.25, 0.3) is 0 Å². The van der Waals surface area contributed by atoms with Gasteiger partial charge in [-0.2, -0.15) is 0 Å². The lowest BCUT2D eigenvalue weighted by molar-refractivity contribution is -0.314. The maximum Gasteiger partial charge on any atom is 0.377 e. The van der Waals surface area contributed by atoms with Gasteiger partial charge in [-0.25, -0.2) is 4.79 Å². The van der Waals surface area contributed by atoms with Crippen LogP contribution >= 0.6 is 0 Å².